The molecule has 18 heavy (non-hydrogen) atoms. The Kier molecular flexibility index (Phi) is 3.24. The van der Waals surface area contributed by atoms with E-state index in [1.807, 2.05) is 0 Å². The van der Waals surface area contributed by atoms with Crippen molar-refractivity contribution in [3.63, 3.8) is 0 Å². The van der Waals surface area contributed by atoms with Crippen LogP contribution in [0.25, 0.3) is 11.3 Å². The van der Waals surface area contributed by atoms with E-state index in [0.717, 1.165) is 0 Å². The topological polar surface area (TPSA) is 78.0 Å². The number of benzene rings is 1. The number of carbonyl (C=O) groups is 1. The highest BCUT2D eigenvalue weighted by Gasteiger charge is 2.16. The summed E-state index contributed by atoms with van der Waals surface area (Å²) >= 11 is 3.26. The molecule has 0 atom stereocenters. The Morgan fingerprint density at radius 1 is 1.39 bits per heavy atom. The number of hydrogen-bond acceptors (Lipinski definition) is 4. The van der Waals surface area contributed by atoms with E-state index in [1.54, 1.807) is 19.2 Å². The third-order valence-electron chi connectivity index (χ3n) is 2.48. The fourth-order valence-electron chi connectivity index (χ4n) is 1.58. The zero-order valence-electron chi connectivity index (χ0n) is 9.33. The average Bonchev–Trinajstić information content (AvgIpc) is 2.65. The van der Waals surface area contributed by atoms with Crippen LogP contribution in [0.15, 0.2) is 28.9 Å². The fourth-order valence-corrected chi connectivity index (χ4v) is 1.94. The molecule has 0 fully saturated rings. The second-order valence-electron chi connectivity index (χ2n) is 3.60. The number of nitrogens with zero attached hydrogens (tertiary/aromatic N) is 3. The maximum absolute atomic E-state index is 11.0. The summed E-state index contributed by atoms with van der Waals surface area (Å²) in [6, 6.07) is 5.90. The van der Waals surface area contributed by atoms with E-state index < -0.39 is 4.92 Å². The van der Waals surface area contributed by atoms with E-state index in [2.05, 4.69) is 21.0 Å². The van der Waals surface area contributed by atoms with Crippen LogP contribution in [0.2, 0.25) is 0 Å². The summed E-state index contributed by atoms with van der Waals surface area (Å²) in [5, 5.41) is 14.7. The molecular weight excluding hydrogens is 302 g/mol. The Hall–Kier alpha value is -2.02. The number of aldehydes is 1. The lowest BCUT2D eigenvalue weighted by Gasteiger charge is -1.97. The molecule has 0 spiro atoms. The van der Waals surface area contributed by atoms with Gasteiger partial charge in [-0.15, -0.1) is 0 Å². The molecule has 0 aliphatic carbocycles. The van der Waals surface area contributed by atoms with E-state index in [1.165, 1.54) is 16.8 Å². The normalized spacial score (nSPS) is 10.3. The zero-order chi connectivity index (χ0) is 13.3. The van der Waals surface area contributed by atoms with Gasteiger partial charge in [0.15, 0.2) is 6.29 Å². The van der Waals surface area contributed by atoms with Gasteiger partial charge in [-0.1, -0.05) is 0 Å². The molecule has 0 radical (unpaired) electrons. The first kappa shape index (κ1) is 12.4. The standard InChI is InChI=1S/C11H8BrN3O3/c1-14-11(12)9(6-16)10(13-14)7-2-4-8(5-3-7)15(17)18/h2-6H,1H3. The smallest absolute Gasteiger partial charge is 0.269 e. The Morgan fingerprint density at radius 3 is 2.50 bits per heavy atom. The van der Waals surface area contributed by atoms with Crippen molar-refractivity contribution in [2.24, 2.45) is 7.05 Å². The number of nitro benzene ring substituents is 1. The molecule has 7 heteroatoms. The maximum Gasteiger partial charge on any atom is 0.269 e. The third-order valence-corrected chi connectivity index (χ3v) is 3.42. The molecule has 0 N–H and O–H groups in total. The van der Waals surface area contributed by atoms with Gasteiger partial charge < -0.3 is 0 Å². The number of aromatic nitrogens is 2. The van der Waals surface area contributed by atoms with Crippen LogP contribution in [0, 0.1) is 10.1 Å². The molecule has 0 bridgehead atoms. The molecule has 0 aliphatic heterocycles. The Balaban J connectivity index is 2.52. The molecule has 2 aromatic rings. The fraction of sp³-hybridized carbons (Fsp3) is 0.0909. The molecule has 6 nitrogen and oxygen atoms in total. The van der Waals surface area contributed by atoms with Gasteiger partial charge in [0, 0.05) is 24.7 Å². The quantitative estimate of drug-likeness (QED) is 0.496. The summed E-state index contributed by atoms with van der Waals surface area (Å²) in [5.74, 6) is 0. The monoisotopic (exact) mass is 309 g/mol. The van der Waals surface area contributed by atoms with Crippen molar-refractivity contribution in [1.29, 1.82) is 0 Å². The van der Waals surface area contributed by atoms with Gasteiger partial charge in [0.1, 0.15) is 10.3 Å². The molecule has 1 aromatic heterocycles. The van der Waals surface area contributed by atoms with Crippen molar-refractivity contribution in [3.8, 4) is 11.3 Å². The van der Waals surface area contributed by atoms with Crippen molar-refractivity contribution in [3.05, 3.63) is 44.5 Å². The molecule has 0 saturated heterocycles. The van der Waals surface area contributed by atoms with Crippen LogP contribution in [0.1, 0.15) is 10.4 Å². The summed E-state index contributed by atoms with van der Waals surface area (Å²) in [6.07, 6.45) is 0.702. The molecule has 0 saturated carbocycles. The largest absolute Gasteiger partial charge is 0.298 e. The first-order valence-electron chi connectivity index (χ1n) is 4.97. The number of nitro groups is 1. The zero-order valence-corrected chi connectivity index (χ0v) is 10.9. The van der Waals surface area contributed by atoms with Gasteiger partial charge in [-0.3, -0.25) is 19.6 Å². The van der Waals surface area contributed by atoms with Gasteiger partial charge in [0.25, 0.3) is 5.69 Å². The molecule has 1 aromatic carbocycles. The van der Waals surface area contributed by atoms with E-state index in [-0.39, 0.29) is 5.69 Å². The molecule has 2 rings (SSSR count). The lowest BCUT2D eigenvalue weighted by molar-refractivity contribution is -0.384. The number of non-ortho nitro benzene ring substituents is 1. The number of carbonyl (C=O) groups excluding carboxylic acids is 1. The van der Waals surface area contributed by atoms with Gasteiger partial charge in [0.2, 0.25) is 0 Å². The Bertz CT molecular complexity index is 619. The van der Waals surface area contributed by atoms with Crippen LogP contribution in [0.5, 0.6) is 0 Å². The predicted molar refractivity (Wildman–Crippen MR) is 68.4 cm³/mol. The van der Waals surface area contributed by atoms with Gasteiger partial charge in [0.05, 0.1) is 10.5 Å². The van der Waals surface area contributed by atoms with Crippen LogP contribution < -0.4 is 0 Å². The summed E-state index contributed by atoms with van der Waals surface area (Å²) in [6.45, 7) is 0. The first-order valence-corrected chi connectivity index (χ1v) is 5.76. The van der Waals surface area contributed by atoms with E-state index in [9.17, 15) is 14.9 Å². The van der Waals surface area contributed by atoms with Crippen LogP contribution >= 0.6 is 15.9 Å². The second kappa shape index (κ2) is 4.69. The van der Waals surface area contributed by atoms with Gasteiger partial charge in [-0.05, 0) is 28.1 Å². The lowest BCUT2D eigenvalue weighted by atomic mass is 10.1. The van der Waals surface area contributed by atoms with E-state index >= 15 is 0 Å². The second-order valence-corrected chi connectivity index (χ2v) is 4.35. The number of aryl methyl sites for hydroxylation is 1. The number of hydrogen-bond donors (Lipinski definition) is 0. The van der Waals surface area contributed by atoms with Crippen LogP contribution in [-0.2, 0) is 7.05 Å². The minimum absolute atomic E-state index is 0.00130. The molecule has 1 heterocycles. The van der Waals surface area contributed by atoms with Gasteiger partial charge in [-0.2, -0.15) is 5.10 Å². The minimum Gasteiger partial charge on any atom is -0.298 e. The van der Waals surface area contributed by atoms with Gasteiger partial charge >= 0.3 is 0 Å². The Morgan fingerprint density at radius 2 is 2.00 bits per heavy atom. The summed E-state index contributed by atoms with van der Waals surface area (Å²) in [4.78, 5) is 21.1. The van der Waals surface area contributed by atoms with Crippen molar-refractivity contribution < 1.29 is 9.72 Å². The van der Waals surface area contributed by atoms with Crippen molar-refractivity contribution >= 4 is 27.9 Å². The maximum atomic E-state index is 11.0. The van der Waals surface area contributed by atoms with Crippen LogP contribution in [0.3, 0.4) is 0 Å². The molecule has 0 aliphatic rings. The summed E-state index contributed by atoms with van der Waals surface area (Å²) in [7, 11) is 1.70. The summed E-state index contributed by atoms with van der Waals surface area (Å²) < 4.78 is 2.10. The van der Waals surface area contributed by atoms with Crippen molar-refractivity contribution in [2.75, 3.05) is 0 Å². The third kappa shape index (κ3) is 2.04. The van der Waals surface area contributed by atoms with E-state index in [0.29, 0.717) is 27.7 Å². The first-order chi connectivity index (χ1) is 8.54. The number of halogens is 1. The highest BCUT2D eigenvalue weighted by atomic mass is 79.9. The van der Waals surface area contributed by atoms with Crippen molar-refractivity contribution in [2.45, 2.75) is 0 Å². The highest BCUT2D eigenvalue weighted by molar-refractivity contribution is 9.10. The molecule has 0 amide bonds. The number of rotatable bonds is 3. The Labute approximate surface area is 111 Å². The highest BCUT2D eigenvalue weighted by Crippen LogP contribution is 2.28. The van der Waals surface area contributed by atoms with Crippen molar-refractivity contribution in [1.82, 2.24) is 9.78 Å². The van der Waals surface area contributed by atoms with Crippen LogP contribution in [0.4, 0.5) is 5.69 Å². The SMILES string of the molecule is Cn1nc(-c2ccc([N+](=O)[O-])cc2)c(C=O)c1Br. The average molecular weight is 310 g/mol. The minimum atomic E-state index is -0.473. The lowest BCUT2D eigenvalue weighted by Crippen LogP contribution is -1.90. The summed E-state index contributed by atoms with van der Waals surface area (Å²) in [5.41, 5.74) is 1.58. The van der Waals surface area contributed by atoms with E-state index in [4.69, 9.17) is 0 Å². The predicted octanol–water partition coefficient (Wildman–Crippen LogP) is 2.57. The molecule has 92 valence electrons. The van der Waals surface area contributed by atoms with Crippen LogP contribution in [-0.4, -0.2) is 21.0 Å². The molecular formula is C11H8BrN3O3. The van der Waals surface area contributed by atoms with Gasteiger partial charge in [-0.25, -0.2) is 0 Å². The molecule has 0 unspecified atom stereocenters.